The van der Waals surface area contributed by atoms with Crippen LogP contribution in [0.2, 0.25) is 0 Å². The molecule has 0 fully saturated rings. The largest absolute Gasteiger partial charge is 0.441 e. The van der Waals surface area contributed by atoms with Gasteiger partial charge in [-0.1, -0.05) is 12.1 Å². The van der Waals surface area contributed by atoms with Crippen molar-refractivity contribution in [2.24, 2.45) is 0 Å². The Hall–Kier alpha value is -2.63. The number of benzene rings is 1. The van der Waals surface area contributed by atoms with Crippen molar-refractivity contribution in [3.63, 3.8) is 0 Å². The molecule has 0 bridgehead atoms. The number of aryl methyl sites for hydroxylation is 2. The van der Waals surface area contributed by atoms with Crippen molar-refractivity contribution in [2.75, 3.05) is 6.54 Å². The Morgan fingerprint density at radius 1 is 1.36 bits per heavy atom. The second kappa shape index (κ2) is 6.01. The van der Waals surface area contributed by atoms with E-state index in [-0.39, 0.29) is 12.3 Å². The number of H-pyrrole nitrogens is 1. The second-order valence-corrected chi connectivity index (χ2v) is 5.35. The molecule has 6 heteroatoms. The van der Waals surface area contributed by atoms with Gasteiger partial charge in [0.2, 0.25) is 5.91 Å². The van der Waals surface area contributed by atoms with Crippen molar-refractivity contribution < 1.29 is 9.21 Å². The van der Waals surface area contributed by atoms with Gasteiger partial charge in [0, 0.05) is 18.7 Å². The maximum absolute atomic E-state index is 11.8. The SMILES string of the molecule is Cc1cc(CC(=O)NCCc2nc3c(C)cccc3o2)n[nH]1. The third-order valence-corrected chi connectivity index (χ3v) is 3.43. The van der Waals surface area contributed by atoms with Crippen LogP contribution in [0.15, 0.2) is 28.7 Å². The summed E-state index contributed by atoms with van der Waals surface area (Å²) in [7, 11) is 0. The Balaban J connectivity index is 1.53. The molecule has 2 N–H and O–H groups in total. The minimum atomic E-state index is -0.0567. The maximum Gasteiger partial charge on any atom is 0.226 e. The molecule has 3 rings (SSSR count). The van der Waals surface area contributed by atoms with Crippen LogP contribution in [0, 0.1) is 13.8 Å². The monoisotopic (exact) mass is 298 g/mol. The Bertz CT molecular complexity index is 803. The fourth-order valence-corrected chi connectivity index (χ4v) is 2.34. The number of aromatic amines is 1. The number of nitrogens with zero attached hydrogens (tertiary/aromatic N) is 2. The van der Waals surface area contributed by atoms with Gasteiger partial charge in [-0.05, 0) is 31.5 Å². The Morgan fingerprint density at radius 3 is 2.95 bits per heavy atom. The molecule has 0 aliphatic heterocycles. The first-order valence-corrected chi connectivity index (χ1v) is 7.24. The highest BCUT2D eigenvalue weighted by Crippen LogP contribution is 2.18. The smallest absolute Gasteiger partial charge is 0.226 e. The molecule has 22 heavy (non-hydrogen) atoms. The third kappa shape index (κ3) is 3.16. The number of para-hydroxylation sites is 1. The van der Waals surface area contributed by atoms with Gasteiger partial charge in [0.15, 0.2) is 11.5 Å². The van der Waals surface area contributed by atoms with Crippen LogP contribution >= 0.6 is 0 Å². The number of nitrogens with one attached hydrogen (secondary N) is 2. The van der Waals surface area contributed by atoms with Crippen molar-refractivity contribution in [1.82, 2.24) is 20.5 Å². The highest BCUT2D eigenvalue weighted by molar-refractivity contribution is 5.78. The molecule has 0 aliphatic carbocycles. The normalized spacial score (nSPS) is 11.0. The quantitative estimate of drug-likeness (QED) is 0.755. The lowest BCUT2D eigenvalue weighted by Gasteiger charge is -2.01. The van der Waals surface area contributed by atoms with E-state index in [0.29, 0.717) is 18.9 Å². The molecular weight excluding hydrogens is 280 g/mol. The number of fused-ring (bicyclic) bond motifs is 1. The molecule has 1 aromatic carbocycles. The number of carbonyl (C=O) groups is 1. The zero-order chi connectivity index (χ0) is 15.5. The van der Waals surface area contributed by atoms with Crippen LogP contribution in [-0.2, 0) is 17.6 Å². The summed E-state index contributed by atoms with van der Waals surface area (Å²) in [5.74, 6) is 0.582. The zero-order valence-corrected chi connectivity index (χ0v) is 12.6. The van der Waals surface area contributed by atoms with Crippen molar-refractivity contribution in [2.45, 2.75) is 26.7 Å². The summed E-state index contributed by atoms with van der Waals surface area (Å²) in [6.45, 7) is 4.40. The summed E-state index contributed by atoms with van der Waals surface area (Å²) in [6, 6.07) is 7.71. The molecular formula is C16H18N4O2. The van der Waals surface area contributed by atoms with Crippen LogP contribution in [-0.4, -0.2) is 27.6 Å². The number of oxazole rings is 1. The molecule has 0 unspecified atom stereocenters. The first-order valence-electron chi connectivity index (χ1n) is 7.24. The molecule has 6 nitrogen and oxygen atoms in total. The predicted molar refractivity (Wildman–Crippen MR) is 82.5 cm³/mol. The van der Waals surface area contributed by atoms with E-state index >= 15 is 0 Å². The van der Waals surface area contributed by atoms with E-state index in [4.69, 9.17) is 4.42 Å². The van der Waals surface area contributed by atoms with Gasteiger partial charge in [0.05, 0.1) is 12.1 Å². The molecule has 3 aromatic rings. The van der Waals surface area contributed by atoms with Gasteiger partial charge in [0.1, 0.15) is 5.52 Å². The summed E-state index contributed by atoms with van der Waals surface area (Å²) < 4.78 is 5.67. The van der Waals surface area contributed by atoms with Gasteiger partial charge in [0.25, 0.3) is 0 Å². The van der Waals surface area contributed by atoms with Crippen molar-refractivity contribution in [1.29, 1.82) is 0 Å². The molecule has 114 valence electrons. The van der Waals surface area contributed by atoms with E-state index in [2.05, 4.69) is 20.5 Å². The van der Waals surface area contributed by atoms with Gasteiger partial charge in [-0.15, -0.1) is 0 Å². The van der Waals surface area contributed by atoms with Crippen molar-refractivity contribution in [3.05, 3.63) is 47.1 Å². The van der Waals surface area contributed by atoms with Crippen LogP contribution < -0.4 is 5.32 Å². The topological polar surface area (TPSA) is 83.8 Å². The molecule has 0 radical (unpaired) electrons. The first-order chi connectivity index (χ1) is 10.6. The van der Waals surface area contributed by atoms with Gasteiger partial charge in [-0.3, -0.25) is 9.89 Å². The van der Waals surface area contributed by atoms with Gasteiger partial charge in [-0.2, -0.15) is 5.10 Å². The average molecular weight is 298 g/mol. The van der Waals surface area contributed by atoms with Gasteiger partial charge < -0.3 is 9.73 Å². The Kier molecular flexibility index (Phi) is 3.91. The first kappa shape index (κ1) is 14.3. The van der Waals surface area contributed by atoms with E-state index in [1.54, 1.807) is 0 Å². The molecule has 0 atom stereocenters. The number of hydrogen-bond acceptors (Lipinski definition) is 4. The lowest BCUT2D eigenvalue weighted by molar-refractivity contribution is -0.120. The number of hydrogen-bond donors (Lipinski definition) is 2. The number of aromatic nitrogens is 3. The second-order valence-electron chi connectivity index (χ2n) is 5.35. The fraction of sp³-hybridized carbons (Fsp3) is 0.312. The van der Waals surface area contributed by atoms with E-state index in [1.807, 2.05) is 38.1 Å². The minimum Gasteiger partial charge on any atom is -0.441 e. The van der Waals surface area contributed by atoms with Crippen LogP contribution in [0.5, 0.6) is 0 Å². The van der Waals surface area contributed by atoms with Gasteiger partial charge in [-0.25, -0.2) is 4.98 Å². The summed E-state index contributed by atoms with van der Waals surface area (Å²) >= 11 is 0. The average Bonchev–Trinajstić information content (AvgIpc) is 3.06. The summed E-state index contributed by atoms with van der Waals surface area (Å²) in [4.78, 5) is 16.3. The molecule has 1 amide bonds. The molecule has 0 saturated carbocycles. The maximum atomic E-state index is 11.8. The van der Waals surface area contributed by atoms with Crippen LogP contribution in [0.1, 0.15) is 22.8 Å². The lowest BCUT2D eigenvalue weighted by Crippen LogP contribution is -2.27. The highest BCUT2D eigenvalue weighted by Gasteiger charge is 2.09. The Labute approximate surface area is 127 Å². The van der Waals surface area contributed by atoms with E-state index in [9.17, 15) is 4.79 Å². The van der Waals surface area contributed by atoms with Crippen molar-refractivity contribution in [3.8, 4) is 0 Å². The predicted octanol–water partition coefficient (Wildman–Crippen LogP) is 2.07. The summed E-state index contributed by atoms with van der Waals surface area (Å²) in [5, 5.41) is 9.72. The molecule has 2 aromatic heterocycles. The van der Waals surface area contributed by atoms with E-state index < -0.39 is 0 Å². The molecule has 0 saturated heterocycles. The number of rotatable bonds is 5. The third-order valence-electron chi connectivity index (χ3n) is 3.43. The van der Waals surface area contributed by atoms with Crippen molar-refractivity contribution >= 4 is 17.0 Å². The van der Waals surface area contributed by atoms with Gasteiger partial charge >= 0.3 is 0 Å². The van der Waals surface area contributed by atoms with Crippen LogP contribution in [0.25, 0.3) is 11.1 Å². The number of amides is 1. The molecule has 0 aliphatic rings. The molecule has 0 spiro atoms. The van der Waals surface area contributed by atoms with Crippen LogP contribution in [0.4, 0.5) is 0 Å². The number of carbonyl (C=O) groups excluding carboxylic acids is 1. The lowest BCUT2D eigenvalue weighted by atomic mass is 10.2. The van der Waals surface area contributed by atoms with E-state index in [0.717, 1.165) is 28.1 Å². The summed E-state index contributed by atoms with van der Waals surface area (Å²) in [5.41, 5.74) is 4.45. The molecule has 2 heterocycles. The van der Waals surface area contributed by atoms with E-state index in [1.165, 1.54) is 0 Å². The Morgan fingerprint density at radius 2 is 2.23 bits per heavy atom. The highest BCUT2D eigenvalue weighted by atomic mass is 16.3. The van der Waals surface area contributed by atoms with Crippen LogP contribution in [0.3, 0.4) is 0 Å². The fourth-order valence-electron chi connectivity index (χ4n) is 2.34. The zero-order valence-electron chi connectivity index (χ0n) is 12.6. The summed E-state index contributed by atoms with van der Waals surface area (Å²) in [6.07, 6.45) is 0.844. The minimum absolute atomic E-state index is 0.0567. The standard InChI is InChI=1S/C16H18N4O2/c1-10-4-3-5-13-16(10)18-15(22-13)6-7-17-14(21)9-12-8-11(2)19-20-12/h3-5,8H,6-7,9H2,1-2H3,(H,17,21)(H,19,20).